The number of hydrogen-bond donors (Lipinski definition) is 2. The zero-order chi connectivity index (χ0) is 13.9. The summed E-state index contributed by atoms with van der Waals surface area (Å²) >= 11 is 5.13. The van der Waals surface area contributed by atoms with E-state index in [4.69, 9.17) is 17.0 Å². The van der Waals surface area contributed by atoms with Crippen LogP contribution in [0.1, 0.15) is 32.6 Å². The summed E-state index contributed by atoms with van der Waals surface area (Å²) in [6.07, 6.45) is 6.46. The van der Waals surface area contributed by atoms with Crippen LogP contribution in [0.2, 0.25) is 0 Å². The van der Waals surface area contributed by atoms with Crippen molar-refractivity contribution in [3.05, 3.63) is 24.3 Å². The Morgan fingerprint density at radius 3 is 2.68 bits per heavy atom. The maximum absolute atomic E-state index is 5.13. The van der Waals surface area contributed by atoms with Gasteiger partial charge in [-0.1, -0.05) is 19.8 Å². The van der Waals surface area contributed by atoms with Crippen molar-refractivity contribution in [3.8, 4) is 5.75 Å². The lowest BCUT2D eigenvalue weighted by Crippen LogP contribution is -2.23. The Morgan fingerprint density at radius 2 is 2.05 bits per heavy atom. The highest BCUT2D eigenvalue weighted by Crippen LogP contribution is 2.14. The molecule has 0 atom stereocenters. The topological polar surface area (TPSA) is 45.7 Å². The van der Waals surface area contributed by atoms with Gasteiger partial charge in [0.2, 0.25) is 0 Å². The summed E-state index contributed by atoms with van der Waals surface area (Å²) in [6, 6.07) is 7.55. The number of anilines is 1. The summed E-state index contributed by atoms with van der Waals surface area (Å²) in [5.41, 5.74) is 3.70. The first kappa shape index (κ1) is 15.4. The second kappa shape index (κ2) is 9.33. The minimum absolute atomic E-state index is 0.483. The van der Waals surface area contributed by atoms with Crippen molar-refractivity contribution in [2.75, 3.05) is 12.4 Å². The average Bonchev–Trinajstić information content (AvgIpc) is 2.43. The quantitative estimate of drug-likeness (QED) is 0.347. The summed E-state index contributed by atoms with van der Waals surface area (Å²) in [6.45, 7) is 2.18. The molecule has 19 heavy (non-hydrogen) atoms. The molecule has 104 valence electrons. The number of nitrogens with zero attached hydrogens (tertiary/aromatic N) is 1. The van der Waals surface area contributed by atoms with Gasteiger partial charge in [0.15, 0.2) is 5.11 Å². The molecule has 0 heterocycles. The van der Waals surface area contributed by atoms with Gasteiger partial charge >= 0.3 is 0 Å². The van der Waals surface area contributed by atoms with Crippen LogP contribution in [-0.4, -0.2) is 18.4 Å². The number of methoxy groups -OCH3 is 1. The Hall–Kier alpha value is -1.62. The molecule has 0 spiro atoms. The Balaban J connectivity index is 2.26. The van der Waals surface area contributed by atoms with Gasteiger partial charge in [-0.25, -0.2) is 0 Å². The Labute approximate surface area is 120 Å². The molecule has 0 saturated carbocycles. The lowest BCUT2D eigenvalue weighted by Gasteiger charge is -2.07. The van der Waals surface area contributed by atoms with E-state index in [1.807, 2.05) is 30.5 Å². The van der Waals surface area contributed by atoms with E-state index in [9.17, 15) is 0 Å². The van der Waals surface area contributed by atoms with Crippen LogP contribution in [0.3, 0.4) is 0 Å². The van der Waals surface area contributed by atoms with Gasteiger partial charge in [-0.15, -0.1) is 0 Å². The number of thiocarbonyl (C=S) groups is 1. The van der Waals surface area contributed by atoms with E-state index in [1.165, 1.54) is 19.3 Å². The number of ether oxygens (including phenoxy) is 1. The molecule has 2 N–H and O–H groups in total. The molecule has 0 unspecified atom stereocenters. The van der Waals surface area contributed by atoms with Crippen molar-refractivity contribution in [3.63, 3.8) is 0 Å². The number of nitrogens with one attached hydrogen (secondary N) is 2. The zero-order valence-electron chi connectivity index (χ0n) is 11.5. The Bertz CT molecular complexity index is 404. The Morgan fingerprint density at radius 1 is 1.32 bits per heavy atom. The summed E-state index contributed by atoms with van der Waals surface area (Å²) < 4.78 is 5.09. The van der Waals surface area contributed by atoms with Crippen LogP contribution in [-0.2, 0) is 0 Å². The second-order valence-corrected chi connectivity index (χ2v) is 4.51. The fourth-order valence-electron chi connectivity index (χ4n) is 1.49. The Kier molecular flexibility index (Phi) is 7.58. The summed E-state index contributed by atoms with van der Waals surface area (Å²) in [4.78, 5) is 0. The summed E-state index contributed by atoms with van der Waals surface area (Å²) in [5.74, 6) is 0.818. The van der Waals surface area contributed by atoms with Crippen LogP contribution >= 0.6 is 12.2 Å². The molecule has 4 nitrogen and oxygen atoms in total. The number of benzene rings is 1. The van der Waals surface area contributed by atoms with Crippen molar-refractivity contribution in [2.24, 2.45) is 5.10 Å². The first-order valence-electron chi connectivity index (χ1n) is 6.49. The molecule has 0 aliphatic carbocycles. The summed E-state index contributed by atoms with van der Waals surface area (Å²) in [7, 11) is 1.64. The molecule has 0 saturated heterocycles. The van der Waals surface area contributed by atoms with E-state index >= 15 is 0 Å². The van der Waals surface area contributed by atoms with Gasteiger partial charge in [0.1, 0.15) is 5.75 Å². The van der Waals surface area contributed by atoms with Crippen LogP contribution in [0.15, 0.2) is 29.4 Å². The monoisotopic (exact) mass is 279 g/mol. The van der Waals surface area contributed by atoms with Crippen LogP contribution < -0.4 is 15.5 Å². The van der Waals surface area contributed by atoms with Gasteiger partial charge in [-0.05, 0) is 49.3 Å². The van der Waals surface area contributed by atoms with Crippen LogP contribution in [0.5, 0.6) is 5.75 Å². The van der Waals surface area contributed by atoms with Gasteiger partial charge < -0.3 is 10.1 Å². The highest BCUT2D eigenvalue weighted by atomic mass is 32.1. The molecule has 5 heteroatoms. The smallest absolute Gasteiger partial charge is 0.191 e. The number of rotatable bonds is 7. The van der Waals surface area contributed by atoms with E-state index in [-0.39, 0.29) is 0 Å². The largest absolute Gasteiger partial charge is 0.497 e. The molecule has 0 bridgehead atoms. The van der Waals surface area contributed by atoms with Crippen LogP contribution in [0.4, 0.5) is 5.69 Å². The predicted molar refractivity (Wildman–Crippen MR) is 85.0 cm³/mol. The molecule has 0 amide bonds. The number of hydrazone groups is 1. The summed E-state index contributed by atoms with van der Waals surface area (Å²) in [5, 5.41) is 7.60. The van der Waals surface area contributed by atoms with E-state index in [0.29, 0.717) is 5.11 Å². The molecule has 1 aromatic carbocycles. The third kappa shape index (κ3) is 6.76. The standard InChI is InChI=1S/C14H21N3OS/c1-3-4-5-6-11-15-17-14(19)16-12-7-9-13(18-2)10-8-12/h7-11H,3-6H2,1-2H3,(H2,16,17,19)/b15-11+. The highest BCUT2D eigenvalue weighted by Gasteiger charge is 1.96. The van der Waals surface area contributed by atoms with Crippen LogP contribution in [0.25, 0.3) is 0 Å². The lowest BCUT2D eigenvalue weighted by molar-refractivity contribution is 0.415. The fourth-order valence-corrected chi connectivity index (χ4v) is 1.66. The van der Waals surface area contributed by atoms with E-state index < -0.39 is 0 Å². The number of unbranched alkanes of at least 4 members (excludes halogenated alkanes) is 3. The third-order valence-electron chi connectivity index (χ3n) is 2.54. The normalized spacial score (nSPS) is 10.4. The van der Waals surface area contributed by atoms with Crippen molar-refractivity contribution in [1.29, 1.82) is 0 Å². The van der Waals surface area contributed by atoms with Gasteiger partial charge in [0.25, 0.3) is 0 Å². The minimum atomic E-state index is 0.483. The SMILES string of the molecule is CCCCC/C=N/NC(=S)Nc1ccc(OC)cc1. The minimum Gasteiger partial charge on any atom is -0.497 e. The number of hydrogen-bond acceptors (Lipinski definition) is 3. The van der Waals surface area contributed by atoms with E-state index in [0.717, 1.165) is 17.9 Å². The zero-order valence-corrected chi connectivity index (χ0v) is 12.3. The molecular weight excluding hydrogens is 258 g/mol. The maximum Gasteiger partial charge on any atom is 0.191 e. The fraction of sp³-hybridized carbons (Fsp3) is 0.429. The molecule has 0 radical (unpaired) electrons. The molecular formula is C14H21N3OS. The first-order chi connectivity index (χ1) is 9.26. The lowest BCUT2D eigenvalue weighted by atomic mass is 10.2. The third-order valence-corrected chi connectivity index (χ3v) is 2.74. The van der Waals surface area contributed by atoms with Crippen molar-refractivity contribution in [1.82, 2.24) is 5.43 Å². The van der Waals surface area contributed by atoms with E-state index in [2.05, 4.69) is 22.8 Å². The average molecular weight is 279 g/mol. The molecule has 1 aromatic rings. The van der Waals surface area contributed by atoms with Crippen molar-refractivity contribution < 1.29 is 4.74 Å². The maximum atomic E-state index is 5.13. The van der Waals surface area contributed by atoms with Crippen molar-refractivity contribution >= 4 is 29.2 Å². The van der Waals surface area contributed by atoms with Gasteiger partial charge in [-0.3, -0.25) is 5.43 Å². The molecule has 0 aliphatic heterocycles. The molecule has 0 aromatic heterocycles. The van der Waals surface area contributed by atoms with Gasteiger partial charge in [0.05, 0.1) is 7.11 Å². The first-order valence-corrected chi connectivity index (χ1v) is 6.89. The van der Waals surface area contributed by atoms with E-state index in [1.54, 1.807) is 7.11 Å². The molecule has 0 aliphatic rings. The van der Waals surface area contributed by atoms with Gasteiger partial charge in [0, 0.05) is 11.9 Å². The van der Waals surface area contributed by atoms with Gasteiger partial charge in [-0.2, -0.15) is 5.10 Å². The molecule has 0 fully saturated rings. The van der Waals surface area contributed by atoms with Crippen LogP contribution in [0, 0.1) is 0 Å². The highest BCUT2D eigenvalue weighted by molar-refractivity contribution is 7.80. The second-order valence-electron chi connectivity index (χ2n) is 4.10. The predicted octanol–water partition coefficient (Wildman–Crippen LogP) is 3.55. The van der Waals surface area contributed by atoms with Crippen molar-refractivity contribution in [2.45, 2.75) is 32.6 Å². The molecule has 1 rings (SSSR count).